The van der Waals surface area contributed by atoms with E-state index in [1.54, 1.807) is 0 Å². The van der Waals surface area contributed by atoms with Crippen molar-refractivity contribution < 1.29 is 13.2 Å². The fourth-order valence-corrected chi connectivity index (χ4v) is 2.50. The van der Waals surface area contributed by atoms with Crippen molar-refractivity contribution in [2.24, 2.45) is 0 Å². The molecular formula is C13H18F3N3. The van der Waals surface area contributed by atoms with Crippen LogP contribution in [-0.4, -0.2) is 43.8 Å². The average Bonchev–Trinajstić information content (AvgIpc) is 2.29. The second-order valence-electron chi connectivity index (χ2n) is 4.89. The Labute approximate surface area is 110 Å². The predicted octanol–water partition coefficient (Wildman–Crippen LogP) is 2.26. The number of benzene rings is 1. The van der Waals surface area contributed by atoms with Gasteiger partial charge in [-0.15, -0.1) is 0 Å². The number of nitrogen functional groups attached to an aromatic ring is 1. The van der Waals surface area contributed by atoms with Gasteiger partial charge in [-0.2, -0.15) is 13.2 Å². The molecule has 1 fully saturated rings. The van der Waals surface area contributed by atoms with Gasteiger partial charge in [0.05, 0.1) is 17.9 Å². The van der Waals surface area contributed by atoms with Crippen LogP contribution in [0.3, 0.4) is 0 Å². The van der Waals surface area contributed by atoms with Crippen molar-refractivity contribution in [1.29, 1.82) is 0 Å². The quantitative estimate of drug-likeness (QED) is 0.839. The molecule has 1 heterocycles. The molecule has 3 nitrogen and oxygen atoms in total. The van der Waals surface area contributed by atoms with Crippen molar-refractivity contribution in [2.75, 3.05) is 43.4 Å². The Morgan fingerprint density at radius 1 is 1.16 bits per heavy atom. The highest BCUT2D eigenvalue weighted by molar-refractivity contribution is 5.71. The molecule has 0 bridgehead atoms. The average molecular weight is 273 g/mol. The Bertz CT molecular complexity index is 417. The molecule has 106 valence electrons. The van der Waals surface area contributed by atoms with Gasteiger partial charge in [0.15, 0.2) is 0 Å². The third kappa shape index (κ3) is 3.53. The fourth-order valence-electron chi connectivity index (χ4n) is 2.50. The second kappa shape index (κ2) is 5.28. The molecule has 1 aliphatic heterocycles. The molecule has 2 rings (SSSR count). The van der Waals surface area contributed by atoms with E-state index in [4.69, 9.17) is 5.73 Å². The second-order valence-corrected chi connectivity index (χ2v) is 4.89. The van der Waals surface area contributed by atoms with Crippen molar-refractivity contribution in [2.45, 2.75) is 13.1 Å². The molecule has 0 spiro atoms. The summed E-state index contributed by atoms with van der Waals surface area (Å²) >= 11 is 0. The van der Waals surface area contributed by atoms with Crippen molar-refractivity contribution in [3.05, 3.63) is 23.8 Å². The van der Waals surface area contributed by atoms with Crippen molar-refractivity contribution >= 4 is 11.4 Å². The zero-order chi connectivity index (χ0) is 14.0. The summed E-state index contributed by atoms with van der Waals surface area (Å²) in [6, 6.07) is 5.67. The zero-order valence-corrected chi connectivity index (χ0v) is 10.9. The van der Waals surface area contributed by atoms with Crippen LogP contribution in [0.5, 0.6) is 0 Å². The first-order chi connectivity index (χ1) is 8.87. The monoisotopic (exact) mass is 273 g/mol. The van der Waals surface area contributed by atoms with Gasteiger partial charge in [-0.3, -0.25) is 4.90 Å². The van der Waals surface area contributed by atoms with Crippen molar-refractivity contribution in [3.8, 4) is 0 Å². The van der Waals surface area contributed by atoms with Crippen LogP contribution < -0.4 is 10.6 Å². The standard InChI is InChI=1S/C13H18F3N3/c1-10-3-2-4-11(17)12(10)19-7-5-18(6-8-19)9-13(14,15)16/h2-4H,5-9,17H2,1H3. The normalized spacial score (nSPS) is 17.8. The third-order valence-electron chi connectivity index (χ3n) is 3.36. The molecule has 0 amide bonds. The number of nitrogens with zero attached hydrogens (tertiary/aromatic N) is 2. The number of nitrogens with two attached hydrogens (primary N) is 1. The molecular weight excluding hydrogens is 255 g/mol. The minimum atomic E-state index is -4.12. The highest BCUT2D eigenvalue weighted by atomic mass is 19.4. The van der Waals surface area contributed by atoms with E-state index in [1.165, 1.54) is 4.90 Å². The summed E-state index contributed by atoms with van der Waals surface area (Å²) < 4.78 is 36.9. The van der Waals surface area contributed by atoms with Crippen molar-refractivity contribution in [1.82, 2.24) is 4.90 Å². The number of alkyl halides is 3. The number of rotatable bonds is 2. The summed E-state index contributed by atoms with van der Waals surface area (Å²) in [5.41, 5.74) is 8.65. The van der Waals surface area contributed by atoms with E-state index in [0.717, 1.165) is 11.3 Å². The van der Waals surface area contributed by atoms with Crippen LogP contribution in [0, 0.1) is 6.92 Å². The molecule has 6 heteroatoms. The lowest BCUT2D eigenvalue weighted by atomic mass is 10.1. The molecule has 0 unspecified atom stereocenters. The lowest BCUT2D eigenvalue weighted by Gasteiger charge is -2.37. The lowest BCUT2D eigenvalue weighted by Crippen LogP contribution is -2.49. The SMILES string of the molecule is Cc1cccc(N)c1N1CCN(CC(F)(F)F)CC1. The summed E-state index contributed by atoms with van der Waals surface area (Å²) in [5, 5.41) is 0. The molecule has 2 N–H and O–H groups in total. The van der Waals surface area contributed by atoms with Crippen LogP contribution >= 0.6 is 0 Å². The van der Waals surface area contributed by atoms with Gasteiger partial charge in [0.25, 0.3) is 0 Å². The van der Waals surface area contributed by atoms with E-state index in [1.807, 2.05) is 25.1 Å². The molecule has 1 aromatic rings. The summed E-state index contributed by atoms with van der Waals surface area (Å²) in [6.45, 7) is 3.11. The highest BCUT2D eigenvalue weighted by Gasteiger charge is 2.32. The Balaban J connectivity index is 2.00. The van der Waals surface area contributed by atoms with Gasteiger partial charge >= 0.3 is 6.18 Å². The summed E-state index contributed by atoms with van der Waals surface area (Å²) in [4.78, 5) is 3.50. The first kappa shape index (κ1) is 14.0. The van der Waals surface area contributed by atoms with Crippen molar-refractivity contribution in [3.63, 3.8) is 0 Å². The number of anilines is 2. The van der Waals surface area contributed by atoms with Gasteiger partial charge in [-0.1, -0.05) is 12.1 Å². The third-order valence-corrected chi connectivity index (χ3v) is 3.36. The lowest BCUT2D eigenvalue weighted by molar-refractivity contribution is -0.146. The maximum atomic E-state index is 12.3. The number of piperazine rings is 1. The maximum absolute atomic E-state index is 12.3. The van der Waals surface area contributed by atoms with Crippen LogP contribution in [0.15, 0.2) is 18.2 Å². The smallest absolute Gasteiger partial charge is 0.397 e. The molecule has 1 aliphatic rings. The van der Waals surface area contributed by atoms with Gasteiger partial charge < -0.3 is 10.6 Å². The van der Waals surface area contributed by atoms with Gasteiger partial charge in [0.2, 0.25) is 0 Å². The minimum Gasteiger partial charge on any atom is -0.397 e. The Kier molecular flexibility index (Phi) is 3.89. The number of para-hydroxylation sites is 1. The fraction of sp³-hybridized carbons (Fsp3) is 0.538. The van der Waals surface area contributed by atoms with E-state index in [2.05, 4.69) is 4.90 Å². The molecule has 0 saturated carbocycles. The molecule has 0 atom stereocenters. The zero-order valence-electron chi connectivity index (χ0n) is 10.9. The topological polar surface area (TPSA) is 32.5 Å². The molecule has 1 aromatic carbocycles. The van der Waals surface area contributed by atoms with Crippen LogP contribution in [0.4, 0.5) is 24.5 Å². The van der Waals surface area contributed by atoms with E-state index in [0.29, 0.717) is 31.9 Å². The van der Waals surface area contributed by atoms with E-state index in [9.17, 15) is 13.2 Å². The first-order valence-electron chi connectivity index (χ1n) is 6.26. The Morgan fingerprint density at radius 3 is 2.32 bits per heavy atom. The van der Waals surface area contributed by atoms with Crippen LogP contribution in [0.1, 0.15) is 5.56 Å². The number of aryl methyl sites for hydroxylation is 1. The molecule has 1 saturated heterocycles. The van der Waals surface area contributed by atoms with E-state index in [-0.39, 0.29) is 0 Å². The van der Waals surface area contributed by atoms with Crippen LogP contribution in [0.2, 0.25) is 0 Å². The minimum absolute atomic E-state index is 0.410. The van der Waals surface area contributed by atoms with E-state index < -0.39 is 12.7 Å². The Morgan fingerprint density at radius 2 is 1.79 bits per heavy atom. The number of hydrogen-bond donors (Lipinski definition) is 1. The summed E-state index contributed by atoms with van der Waals surface area (Å²) in [6.07, 6.45) is -4.12. The molecule has 19 heavy (non-hydrogen) atoms. The van der Waals surface area contributed by atoms with Crippen LogP contribution in [-0.2, 0) is 0 Å². The highest BCUT2D eigenvalue weighted by Crippen LogP contribution is 2.28. The number of hydrogen-bond acceptors (Lipinski definition) is 3. The largest absolute Gasteiger partial charge is 0.401 e. The van der Waals surface area contributed by atoms with Gasteiger partial charge in [-0.25, -0.2) is 0 Å². The Hall–Kier alpha value is -1.43. The van der Waals surface area contributed by atoms with Crippen LogP contribution in [0.25, 0.3) is 0 Å². The summed E-state index contributed by atoms with van der Waals surface area (Å²) in [5.74, 6) is 0. The predicted molar refractivity (Wildman–Crippen MR) is 70.3 cm³/mol. The van der Waals surface area contributed by atoms with Gasteiger partial charge in [0.1, 0.15) is 0 Å². The van der Waals surface area contributed by atoms with Gasteiger partial charge in [0, 0.05) is 26.2 Å². The molecule has 0 aromatic heterocycles. The molecule has 0 radical (unpaired) electrons. The summed E-state index contributed by atoms with van der Waals surface area (Å²) in [7, 11) is 0. The van der Waals surface area contributed by atoms with E-state index >= 15 is 0 Å². The van der Waals surface area contributed by atoms with Gasteiger partial charge in [-0.05, 0) is 18.6 Å². The number of halogens is 3. The molecule has 0 aliphatic carbocycles. The first-order valence-corrected chi connectivity index (χ1v) is 6.26. The maximum Gasteiger partial charge on any atom is 0.401 e.